The highest BCUT2D eigenvalue weighted by Crippen LogP contribution is 2.12. The Morgan fingerprint density at radius 2 is 1.94 bits per heavy atom. The Morgan fingerprint density at radius 1 is 1.35 bits per heavy atom. The molecule has 0 radical (unpaired) electrons. The van der Waals surface area contributed by atoms with Crippen LogP contribution in [0.4, 0.5) is 0 Å². The van der Waals surface area contributed by atoms with Gasteiger partial charge in [0.05, 0.1) is 6.10 Å². The molecule has 0 saturated heterocycles. The molecule has 0 bridgehead atoms. The molecule has 1 aromatic rings. The van der Waals surface area contributed by atoms with Crippen LogP contribution in [0.1, 0.15) is 37.5 Å². The molecule has 1 rings (SSSR count). The highest BCUT2D eigenvalue weighted by Gasteiger charge is 2.05. The number of carbonyl (C=O) groups is 1. The third kappa shape index (κ3) is 4.97. The lowest BCUT2D eigenvalue weighted by Gasteiger charge is -2.09. The molecule has 0 aliphatic carbocycles. The molecule has 17 heavy (non-hydrogen) atoms. The number of carbonyl (C=O) groups excluding carboxylic acids is 1. The van der Waals surface area contributed by atoms with E-state index in [1.165, 1.54) is 0 Å². The third-order valence-electron chi connectivity index (χ3n) is 2.46. The smallest absolute Gasteiger partial charge is 0.221 e. The van der Waals surface area contributed by atoms with Crippen molar-refractivity contribution in [1.82, 2.24) is 5.32 Å². The first-order valence-corrected chi connectivity index (χ1v) is 5.78. The average Bonchev–Trinajstić information content (AvgIpc) is 2.26. The molecule has 0 aliphatic rings. The SMILES string of the molecule is CC(N)CC(=O)NCc1ccc(C(C)O)cc1. The second kappa shape index (κ2) is 6.37. The quantitative estimate of drug-likeness (QED) is 0.716. The molecule has 1 amide bonds. The van der Waals surface area contributed by atoms with Crippen molar-refractivity contribution in [2.45, 2.75) is 39.0 Å². The molecule has 0 heterocycles. The van der Waals surface area contributed by atoms with Crippen molar-refractivity contribution in [2.24, 2.45) is 5.73 Å². The molecule has 94 valence electrons. The van der Waals surface area contributed by atoms with Crippen molar-refractivity contribution in [1.29, 1.82) is 0 Å². The molecular formula is C13H20N2O2. The topological polar surface area (TPSA) is 75.4 Å². The molecule has 1 aromatic carbocycles. The van der Waals surface area contributed by atoms with Crippen LogP contribution in [0.15, 0.2) is 24.3 Å². The van der Waals surface area contributed by atoms with Gasteiger partial charge in [-0.05, 0) is 25.0 Å². The van der Waals surface area contributed by atoms with Crippen LogP contribution < -0.4 is 11.1 Å². The molecular weight excluding hydrogens is 216 g/mol. The second-order valence-corrected chi connectivity index (χ2v) is 4.38. The number of hydrogen-bond donors (Lipinski definition) is 3. The zero-order valence-electron chi connectivity index (χ0n) is 10.3. The van der Waals surface area contributed by atoms with Crippen LogP contribution in [0.5, 0.6) is 0 Å². The summed E-state index contributed by atoms with van der Waals surface area (Å²) in [6, 6.07) is 7.39. The van der Waals surface area contributed by atoms with Crippen molar-refractivity contribution >= 4 is 5.91 Å². The van der Waals surface area contributed by atoms with Gasteiger partial charge in [0.2, 0.25) is 5.91 Å². The first-order valence-electron chi connectivity index (χ1n) is 5.78. The van der Waals surface area contributed by atoms with Gasteiger partial charge in [0.1, 0.15) is 0 Å². The molecule has 0 fully saturated rings. The van der Waals surface area contributed by atoms with Crippen LogP contribution in [0.25, 0.3) is 0 Å². The number of aliphatic hydroxyl groups is 1. The molecule has 2 atom stereocenters. The second-order valence-electron chi connectivity index (χ2n) is 4.38. The van der Waals surface area contributed by atoms with E-state index in [1.807, 2.05) is 24.3 Å². The summed E-state index contributed by atoms with van der Waals surface area (Å²) in [4.78, 5) is 11.4. The van der Waals surface area contributed by atoms with E-state index in [1.54, 1.807) is 13.8 Å². The van der Waals surface area contributed by atoms with E-state index in [0.717, 1.165) is 11.1 Å². The van der Waals surface area contributed by atoms with Crippen LogP contribution in [0.2, 0.25) is 0 Å². The van der Waals surface area contributed by atoms with Gasteiger partial charge in [-0.1, -0.05) is 24.3 Å². The fourth-order valence-electron chi connectivity index (χ4n) is 1.48. The van der Waals surface area contributed by atoms with Gasteiger partial charge in [-0.15, -0.1) is 0 Å². The number of amides is 1. The Bertz CT molecular complexity index is 358. The Morgan fingerprint density at radius 3 is 2.41 bits per heavy atom. The van der Waals surface area contributed by atoms with E-state index in [2.05, 4.69) is 5.32 Å². The fraction of sp³-hybridized carbons (Fsp3) is 0.462. The average molecular weight is 236 g/mol. The molecule has 0 saturated carbocycles. The van der Waals surface area contributed by atoms with Gasteiger partial charge in [0.15, 0.2) is 0 Å². The Kier molecular flexibility index (Phi) is 5.12. The van der Waals surface area contributed by atoms with Gasteiger partial charge >= 0.3 is 0 Å². The molecule has 4 N–H and O–H groups in total. The number of hydrogen-bond acceptors (Lipinski definition) is 3. The Hall–Kier alpha value is -1.39. The summed E-state index contributed by atoms with van der Waals surface area (Å²) < 4.78 is 0. The lowest BCUT2D eigenvalue weighted by atomic mass is 10.1. The minimum atomic E-state index is -0.461. The van der Waals surface area contributed by atoms with Crippen LogP contribution in [0, 0.1) is 0 Å². The zero-order chi connectivity index (χ0) is 12.8. The Labute approximate surface area is 102 Å². The monoisotopic (exact) mass is 236 g/mol. The highest BCUT2D eigenvalue weighted by molar-refractivity contribution is 5.76. The summed E-state index contributed by atoms with van der Waals surface area (Å²) in [6.07, 6.45) is -0.122. The van der Waals surface area contributed by atoms with E-state index < -0.39 is 6.10 Å². The minimum absolute atomic E-state index is 0.0420. The lowest BCUT2D eigenvalue weighted by Crippen LogP contribution is -2.29. The van der Waals surface area contributed by atoms with Gasteiger partial charge in [-0.3, -0.25) is 4.79 Å². The standard InChI is InChI=1S/C13H20N2O2/c1-9(14)7-13(17)15-8-11-3-5-12(6-4-11)10(2)16/h3-6,9-10,16H,7-8,14H2,1-2H3,(H,15,17). The maximum Gasteiger partial charge on any atom is 0.221 e. The van der Waals surface area contributed by atoms with Gasteiger partial charge in [0, 0.05) is 19.0 Å². The van der Waals surface area contributed by atoms with Crippen molar-refractivity contribution in [2.75, 3.05) is 0 Å². The fourth-order valence-corrected chi connectivity index (χ4v) is 1.48. The summed E-state index contributed by atoms with van der Waals surface area (Å²) in [5.74, 6) is -0.0420. The van der Waals surface area contributed by atoms with Gasteiger partial charge in [-0.25, -0.2) is 0 Å². The first kappa shape index (κ1) is 13.7. The van der Waals surface area contributed by atoms with E-state index in [4.69, 9.17) is 5.73 Å². The van der Waals surface area contributed by atoms with Crippen molar-refractivity contribution in [3.8, 4) is 0 Å². The first-order chi connectivity index (χ1) is 7.99. The molecule has 0 aliphatic heterocycles. The summed E-state index contributed by atoms with van der Waals surface area (Å²) >= 11 is 0. The summed E-state index contributed by atoms with van der Waals surface area (Å²) in [5.41, 5.74) is 7.40. The predicted octanol–water partition coefficient (Wildman–Crippen LogP) is 1.09. The minimum Gasteiger partial charge on any atom is -0.389 e. The van der Waals surface area contributed by atoms with E-state index in [-0.39, 0.29) is 11.9 Å². The Balaban J connectivity index is 2.44. The third-order valence-corrected chi connectivity index (χ3v) is 2.46. The van der Waals surface area contributed by atoms with E-state index in [9.17, 15) is 9.90 Å². The maximum absolute atomic E-state index is 11.4. The number of aliphatic hydroxyl groups excluding tert-OH is 1. The molecule has 4 nitrogen and oxygen atoms in total. The summed E-state index contributed by atoms with van der Waals surface area (Å²) in [6.45, 7) is 4.02. The summed E-state index contributed by atoms with van der Waals surface area (Å²) in [5, 5.41) is 12.1. The van der Waals surface area contributed by atoms with Crippen LogP contribution in [-0.2, 0) is 11.3 Å². The maximum atomic E-state index is 11.4. The van der Waals surface area contributed by atoms with Gasteiger partial charge in [-0.2, -0.15) is 0 Å². The lowest BCUT2D eigenvalue weighted by molar-refractivity contribution is -0.121. The van der Waals surface area contributed by atoms with Gasteiger partial charge in [0.25, 0.3) is 0 Å². The zero-order valence-corrected chi connectivity index (χ0v) is 10.3. The van der Waals surface area contributed by atoms with Crippen molar-refractivity contribution in [3.05, 3.63) is 35.4 Å². The number of benzene rings is 1. The molecule has 0 spiro atoms. The largest absolute Gasteiger partial charge is 0.389 e. The van der Waals surface area contributed by atoms with Crippen LogP contribution in [0.3, 0.4) is 0 Å². The summed E-state index contributed by atoms with van der Waals surface area (Å²) in [7, 11) is 0. The number of nitrogens with one attached hydrogen (secondary N) is 1. The van der Waals surface area contributed by atoms with E-state index in [0.29, 0.717) is 13.0 Å². The van der Waals surface area contributed by atoms with E-state index >= 15 is 0 Å². The van der Waals surface area contributed by atoms with Crippen LogP contribution in [-0.4, -0.2) is 17.1 Å². The molecule has 2 unspecified atom stereocenters. The molecule has 4 heteroatoms. The number of nitrogens with two attached hydrogens (primary N) is 1. The number of rotatable bonds is 5. The van der Waals surface area contributed by atoms with Crippen molar-refractivity contribution < 1.29 is 9.90 Å². The van der Waals surface area contributed by atoms with Crippen LogP contribution >= 0.6 is 0 Å². The van der Waals surface area contributed by atoms with Crippen molar-refractivity contribution in [3.63, 3.8) is 0 Å². The van der Waals surface area contributed by atoms with Gasteiger partial charge < -0.3 is 16.2 Å². The molecule has 0 aromatic heterocycles. The predicted molar refractivity (Wildman–Crippen MR) is 67.2 cm³/mol. The normalized spacial score (nSPS) is 14.1. The highest BCUT2D eigenvalue weighted by atomic mass is 16.3.